The van der Waals surface area contributed by atoms with Gasteiger partial charge in [-0.2, -0.15) is 0 Å². The van der Waals surface area contributed by atoms with Crippen LogP contribution < -0.4 is 0 Å². The van der Waals surface area contributed by atoms with Crippen LogP contribution in [-0.2, 0) is 0 Å². The Labute approximate surface area is 207 Å². The van der Waals surface area contributed by atoms with E-state index >= 15 is 0 Å². The third-order valence-corrected chi connectivity index (χ3v) is 10.6. The molecule has 6 unspecified atom stereocenters. The second-order valence-corrected chi connectivity index (χ2v) is 12.1. The Balaban J connectivity index is 0. The summed E-state index contributed by atoms with van der Waals surface area (Å²) in [5.74, 6) is 5.92. The fraction of sp³-hybridized carbons (Fsp3) is 1.00. The van der Waals surface area contributed by atoms with E-state index in [4.69, 9.17) is 0 Å². The molecule has 0 rings (SSSR count). The Morgan fingerprint density at radius 2 is 0.806 bits per heavy atom. The van der Waals surface area contributed by atoms with Gasteiger partial charge in [0.15, 0.2) is 0 Å². The zero-order chi connectivity index (χ0) is 23.5. The molecule has 6 atom stereocenters. The summed E-state index contributed by atoms with van der Waals surface area (Å²) in [6.07, 6.45) is 19.9. The van der Waals surface area contributed by atoms with Gasteiger partial charge in [-0.1, -0.05) is 0 Å². The van der Waals surface area contributed by atoms with Crippen molar-refractivity contribution in [1.29, 1.82) is 0 Å². The van der Waals surface area contributed by atoms with Gasteiger partial charge in [0, 0.05) is 0 Å². The molecule has 0 aliphatic heterocycles. The van der Waals surface area contributed by atoms with E-state index in [1.165, 1.54) is 89.9 Å². The topological polar surface area (TPSA) is 0 Å². The average Bonchev–Trinajstić information content (AvgIpc) is 2.80. The molecule has 0 aliphatic carbocycles. The van der Waals surface area contributed by atoms with Crippen molar-refractivity contribution in [1.82, 2.24) is 0 Å². The first kappa shape index (κ1) is 31.5. The number of rotatable bonds is 22. The predicted molar refractivity (Wildman–Crippen MR) is 147 cm³/mol. The molecule has 0 spiro atoms. The first-order valence-electron chi connectivity index (χ1n) is 14.9. The molecule has 186 valence electrons. The van der Waals surface area contributed by atoms with E-state index in [0.717, 1.165) is 35.5 Å². The van der Waals surface area contributed by atoms with Gasteiger partial charge in [-0.05, 0) is 0 Å². The third kappa shape index (κ3) is 12.5. The molecule has 0 saturated carbocycles. The Morgan fingerprint density at radius 3 is 1.06 bits per heavy atom. The van der Waals surface area contributed by atoms with Crippen LogP contribution in [0.4, 0.5) is 0 Å². The summed E-state index contributed by atoms with van der Waals surface area (Å²) in [7, 11) is 0. The van der Waals surface area contributed by atoms with Crippen molar-refractivity contribution in [2.24, 2.45) is 35.5 Å². The van der Waals surface area contributed by atoms with Crippen LogP contribution in [0.3, 0.4) is 0 Å². The average molecular weight is 451 g/mol. The Morgan fingerprint density at radius 1 is 0.452 bits per heavy atom. The molecule has 1 heteroatoms. The summed E-state index contributed by atoms with van der Waals surface area (Å²) in [6.45, 7) is 19.5. The van der Waals surface area contributed by atoms with Crippen molar-refractivity contribution in [3.63, 3.8) is 0 Å². The molecule has 0 aromatic rings. The van der Waals surface area contributed by atoms with Gasteiger partial charge in [0.05, 0.1) is 0 Å². The van der Waals surface area contributed by atoms with Gasteiger partial charge in [-0.25, -0.2) is 0 Å². The van der Waals surface area contributed by atoms with Crippen molar-refractivity contribution in [2.45, 2.75) is 156 Å². The van der Waals surface area contributed by atoms with Gasteiger partial charge >= 0.3 is 207 Å². The molecule has 0 saturated heterocycles. The molecule has 0 bridgehead atoms. The molecule has 0 nitrogen and oxygen atoms in total. The molecular formula is C30H63Al. The van der Waals surface area contributed by atoms with Gasteiger partial charge in [-0.15, -0.1) is 0 Å². The first-order chi connectivity index (χ1) is 15.1. The van der Waals surface area contributed by atoms with Crippen molar-refractivity contribution in [3.05, 3.63) is 0 Å². The largest absolute Gasteiger partial charge is 1.00 e. The minimum Gasteiger partial charge on any atom is -1.00 e. The maximum Gasteiger partial charge on any atom is -1.00 e. The van der Waals surface area contributed by atoms with Crippen molar-refractivity contribution in [2.75, 3.05) is 0 Å². The summed E-state index contributed by atoms with van der Waals surface area (Å²) in [5.41, 5.74) is 0. The van der Waals surface area contributed by atoms with Gasteiger partial charge < -0.3 is 1.43 Å². The van der Waals surface area contributed by atoms with Crippen LogP contribution in [0, 0.1) is 35.5 Å². The van der Waals surface area contributed by atoms with Gasteiger partial charge in [0.2, 0.25) is 0 Å². The van der Waals surface area contributed by atoms with E-state index in [1.54, 1.807) is 10.6 Å². The number of hydrogen-bond acceptors (Lipinski definition) is 0. The van der Waals surface area contributed by atoms with Crippen LogP contribution in [0.2, 0.25) is 10.6 Å². The van der Waals surface area contributed by atoms with Crippen LogP contribution in [0.25, 0.3) is 0 Å². The summed E-state index contributed by atoms with van der Waals surface area (Å²) in [6, 6.07) is 0. The van der Waals surface area contributed by atoms with E-state index < -0.39 is 0 Å². The molecule has 0 aliphatic rings. The van der Waals surface area contributed by atoms with Crippen LogP contribution in [-0.4, -0.2) is 15.2 Å². The van der Waals surface area contributed by atoms with E-state index in [1.807, 2.05) is 0 Å². The second kappa shape index (κ2) is 21.1. The zero-order valence-corrected chi connectivity index (χ0v) is 24.5. The second-order valence-electron chi connectivity index (χ2n) is 10.6. The Kier molecular flexibility index (Phi) is 21.5. The fourth-order valence-corrected chi connectivity index (χ4v) is 9.09. The van der Waals surface area contributed by atoms with Crippen LogP contribution >= 0.6 is 0 Å². The summed E-state index contributed by atoms with van der Waals surface area (Å²) < 4.78 is 0. The summed E-state index contributed by atoms with van der Waals surface area (Å²) >= 11 is 0.628. The van der Waals surface area contributed by atoms with Crippen molar-refractivity contribution in [3.8, 4) is 0 Å². The normalized spacial score (nSPS) is 17.5. The first-order valence-corrected chi connectivity index (χ1v) is 16.5. The molecule has 0 fully saturated rings. The standard InChI is InChI=1S/2C15H31.Al.H/c2*1-6-10-11-12-14(8-3)15(9-4)13(5)7-2;;/h2*13-15H,5-12H2,1-4H3;;/q;;+1;-1. The Bertz CT molecular complexity index is 338. The van der Waals surface area contributed by atoms with Gasteiger partial charge in [0.25, 0.3) is 0 Å². The van der Waals surface area contributed by atoms with Gasteiger partial charge in [0.1, 0.15) is 0 Å². The van der Waals surface area contributed by atoms with E-state index in [-0.39, 0.29) is 1.43 Å². The monoisotopic (exact) mass is 450 g/mol. The van der Waals surface area contributed by atoms with E-state index in [2.05, 4.69) is 55.4 Å². The fourth-order valence-electron chi connectivity index (χ4n) is 6.67. The minimum absolute atomic E-state index is 0. The van der Waals surface area contributed by atoms with Gasteiger partial charge in [-0.3, -0.25) is 0 Å². The molecule has 0 amide bonds. The summed E-state index contributed by atoms with van der Waals surface area (Å²) in [5, 5.41) is 3.14. The Hall–Kier alpha value is 0.532. The predicted octanol–water partition coefficient (Wildman–Crippen LogP) is 11.0. The molecule has 0 heterocycles. The smallest absolute Gasteiger partial charge is 1.00 e. The molecule has 0 aromatic heterocycles. The quantitative estimate of drug-likeness (QED) is 0.114. The molecule has 0 radical (unpaired) electrons. The SMILES string of the molecule is CCCCCC(CC)C(CC)C(CC)[CH2][Al+][CH2]C(CC)C(CC)C(CC)CCCCC.[H-]. The number of unbranched alkanes of at least 4 members (excludes halogenated alkanes) is 4. The van der Waals surface area contributed by atoms with Crippen LogP contribution in [0.15, 0.2) is 0 Å². The molecular weight excluding hydrogens is 387 g/mol. The zero-order valence-electron chi connectivity index (χ0n) is 24.4. The van der Waals surface area contributed by atoms with E-state index in [0.29, 0.717) is 15.2 Å². The van der Waals surface area contributed by atoms with Crippen molar-refractivity contribution < 1.29 is 1.43 Å². The third-order valence-electron chi connectivity index (χ3n) is 8.76. The maximum atomic E-state index is 2.48. The van der Waals surface area contributed by atoms with Crippen molar-refractivity contribution >= 4 is 15.2 Å². The van der Waals surface area contributed by atoms with E-state index in [9.17, 15) is 0 Å². The minimum atomic E-state index is 0. The summed E-state index contributed by atoms with van der Waals surface area (Å²) in [4.78, 5) is 0. The molecule has 0 aromatic carbocycles. The molecule has 0 N–H and O–H groups in total. The number of hydrogen-bond donors (Lipinski definition) is 0. The van der Waals surface area contributed by atoms with Crippen LogP contribution in [0.1, 0.15) is 147 Å². The van der Waals surface area contributed by atoms with Crippen LogP contribution in [0.5, 0.6) is 0 Å². The maximum absolute atomic E-state index is 2.48. The molecule has 31 heavy (non-hydrogen) atoms.